The molecule has 2 fully saturated rings. The molecule has 0 aromatic heterocycles. The number of halogens is 1. The molecular weight excluding hydrogens is 460 g/mol. The lowest BCUT2D eigenvalue weighted by molar-refractivity contribution is -0.124. The topological polar surface area (TPSA) is 73.0 Å². The van der Waals surface area contributed by atoms with Crippen LogP contribution in [0.25, 0.3) is 6.08 Å². The van der Waals surface area contributed by atoms with Crippen LogP contribution in [-0.4, -0.2) is 72.7 Å². The normalized spacial score (nSPS) is 18.3. The Hall–Kier alpha value is -2.81. The summed E-state index contributed by atoms with van der Waals surface area (Å²) in [5.41, 5.74) is 1.88. The molecule has 0 unspecified atom stereocenters. The van der Waals surface area contributed by atoms with Crippen molar-refractivity contribution in [1.29, 1.82) is 0 Å². The van der Waals surface area contributed by atoms with Gasteiger partial charge in [0.25, 0.3) is 11.1 Å². The number of para-hydroxylation sites is 1. The molecule has 1 N–H and O–H groups in total. The predicted molar refractivity (Wildman–Crippen MR) is 132 cm³/mol. The molecule has 2 aromatic carbocycles. The Morgan fingerprint density at radius 2 is 1.70 bits per heavy atom. The van der Waals surface area contributed by atoms with Crippen molar-refractivity contribution in [2.75, 3.05) is 50.7 Å². The maximum atomic E-state index is 12.6. The van der Waals surface area contributed by atoms with Gasteiger partial charge in [-0.3, -0.25) is 24.2 Å². The van der Waals surface area contributed by atoms with E-state index in [0.717, 1.165) is 42.8 Å². The highest BCUT2D eigenvalue weighted by atomic mass is 35.5. The van der Waals surface area contributed by atoms with Crippen LogP contribution in [0, 0.1) is 0 Å². The number of rotatable bonds is 7. The molecule has 0 aliphatic carbocycles. The summed E-state index contributed by atoms with van der Waals surface area (Å²) < 4.78 is 0. The molecule has 0 spiro atoms. The molecule has 2 aliphatic rings. The summed E-state index contributed by atoms with van der Waals surface area (Å²) >= 11 is 7.03. The van der Waals surface area contributed by atoms with Crippen molar-refractivity contribution in [2.45, 2.75) is 0 Å². The van der Waals surface area contributed by atoms with E-state index in [4.69, 9.17) is 11.6 Å². The highest BCUT2D eigenvalue weighted by Crippen LogP contribution is 2.33. The first-order valence-electron chi connectivity index (χ1n) is 10.8. The first-order valence-corrected chi connectivity index (χ1v) is 12.0. The summed E-state index contributed by atoms with van der Waals surface area (Å²) in [5.74, 6) is -0.474. The zero-order valence-electron chi connectivity index (χ0n) is 18.1. The lowest BCUT2D eigenvalue weighted by Gasteiger charge is -2.35. The minimum Gasteiger partial charge on any atom is -0.369 e. The number of amides is 3. The van der Waals surface area contributed by atoms with Gasteiger partial charge in [-0.2, -0.15) is 0 Å². The van der Waals surface area contributed by atoms with Gasteiger partial charge < -0.3 is 10.2 Å². The molecule has 4 rings (SSSR count). The zero-order valence-corrected chi connectivity index (χ0v) is 19.6. The molecule has 7 nitrogen and oxygen atoms in total. The molecule has 0 atom stereocenters. The van der Waals surface area contributed by atoms with Gasteiger partial charge in [-0.15, -0.1) is 0 Å². The predicted octanol–water partition coefficient (Wildman–Crippen LogP) is 3.31. The van der Waals surface area contributed by atoms with Crippen molar-refractivity contribution in [2.24, 2.45) is 0 Å². The highest BCUT2D eigenvalue weighted by molar-refractivity contribution is 8.18. The second kappa shape index (κ2) is 10.9. The van der Waals surface area contributed by atoms with Crippen molar-refractivity contribution in [3.05, 3.63) is 70.1 Å². The lowest BCUT2D eigenvalue weighted by Crippen LogP contribution is -2.50. The van der Waals surface area contributed by atoms with Crippen molar-refractivity contribution >= 4 is 52.2 Å². The number of hydrogen-bond donors (Lipinski definition) is 1. The zero-order chi connectivity index (χ0) is 23.2. The van der Waals surface area contributed by atoms with E-state index in [9.17, 15) is 14.4 Å². The first kappa shape index (κ1) is 23.4. The fourth-order valence-corrected chi connectivity index (χ4v) is 4.84. The fourth-order valence-electron chi connectivity index (χ4n) is 3.80. The Bertz CT molecular complexity index is 1050. The van der Waals surface area contributed by atoms with Gasteiger partial charge >= 0.3 is 0 Å². The van der Waals surface area contributed by atoms with Gasteiger partial charge in [0.2, 0.25) is 5.91 Å². The molecule has 0 bridgehead atoms. The lowest BCUT2D eigenvalue weighted by atomic mass is 10.2. The molecule has 2 aliphatic heterocycles. The van der Waals surface area contributed by atoms with Crippen LogP contribution in [-0.2, 0) is 9.59 Å². The number of carbonyl (C=O) groups is 3. The average molecular weight is 485 g/mol. The fraction of sp³-hybridized carbons (Fsp3) is 0.292. The summed E-state index contributed by atoms with van der Waals surface area (Å²) in [6.45, 7) is 4.00. The van der Waals surface area contributed by atoms with Gasteiger partial charge in [0.05, 0.1) is 11.4 Å². The molecule has 2 heterocycles. The van der Waals surface area contributed by atoms with Crippen LogP contribution in [0.3, 0.4) is 0 Å². The maximum Gasteiger partial charge on any atom is 0.293 e. The number of nitrogens with one attached hydrogen (secondary N) is 1. The Labute approximate surface area is 202 Å². The standard InChI is InChI=1S/C24H25ClN4O3S/c25-20-9-5-4-6-18(20)16-21-23(31)29(24(32)33-21)11-10-26-22(30)17-27-12-14-28(15-13-27)19-7-2-1-3-8-19/h1-9,16H,10-15,17H2,(H,26,30)/b21-16-. The summed E-state index contributed by atoms with van der Waals surface area (Å²) in [5, 5.41) is 3.00. The van der Waals surface area contributed by atoms with E-state index >= 15 is 0 Å². The third-order valence-corrected chi connectivity index (χ3v) is 6.84. The summed E-state index contributed by atoms with van der Waals surface area (Å²) in [6.07, 6.45) is 1.63. The molecule has 3 amide bonds. The van der Waals surface area contributed by atoms with Gasteiger partial charge in [-0.05, 0) is 41.6 Å². The summed E-state index contributed by atoms with van der Waals surface area (Å²) in [7, 11) is 0. The number of nitrogens with zero attached hydrogens (tertiary/aromatic N) is 3. The van der Waals surface area contributed by atoms with Crippen LogP contribution in [0.1, 0.15) is 5.56 Å². The minimum absolute atomic E-state index is 0.109. The van der Waals surface area contributed by atoms with Gasteiger partial charge in [0.1, 0.15) is 0 Å². The molecule has 0 saturated carbocycles. The Balaban J connectivity index is 1.21. The summed E-state index contributed by atoms with van der Waals surface area (Å²) in [6, 6.07) is 17.4. The number of benzene rings is 2. The van der Waals surface area contributed by atoms with Gasteiger partial charge in [-0.1, -0.05) is 48.0 Å². The van der Waals surface area contributed by atoms with Crippen LogP contribution in [0.2, 0.25) is 5.02 Å². The van der Waals surface area contributed by atoms with E-state index in [2.05, 4.69) is 27.2 Å². The second-order valence-corrected chi connectivity index (χ2v) is 9.20. The van der Waals surface area contributed by atoms with Gasteiger partial charge in [0, 0.05) is 50.0 Å². The van der Waals surface area contributed by atoms with E-state index in [-0.39, 0.29) is 30.1 Å². The SMILES string of the molecule is O=C(CN1CCN(c2ccccc2)CC1)NCCN1C(=O)S/C(=C\c2ccccc2Cl)C1=O. The van der Waals surface area contributed by atoms with Crippen LogP contribution in [0.15, 0.2) is 59.5 Å². The molecule has 2 saturated heterocycles. The van der Waals surface area contributed by atoms with E-state index in [0.29, 0.717) is 22.0 Å². The maximum absolute atomic E-state index is 12.6. The number of piperazine rings is 1. The third-order valence-electron chi connectivity index (χ3n) is 5.58. The first-order chi connectivity index (χ1) is 16.0. The smallest absolute Gasteiger partial charge is 0.293 e. The van der Waals surface area contributed by atoms with E-state index in [1.54, 1.807) is 24.3 Å². The number of hydrogen-bond acceptors (Lipinski definition) is 6. The van der Waals surface area contributed by atoms with Crippen LogP contribution in [0.5, 0.6) is 0 Å². The Morgan fingerprint density at radius 3 is 2.42 bits per heavy atom. The number of imide groups is 1. The number of anilines is 1. The molecule has 9 heteroatoms. The monoisotopic (exact) mass is 484 g/mol. The van der Waals surface area contributed by atoms with Crippen LogP contribution < -0.4 is 10.2 Å². The van der Waals surface area contributed by atoms with Crippen LogP contribution >= 0.6 is 23.4 Å². The minimum atomic E-state index is -0.365. The second-order valence-electron chi connectivity index (χ2n) is 7.80. The number of thioether (sulfide) groups is 1. The molecule has 0 radical (unpaired) electrons. The molecule has 33 heavy (non-hydrogen) atoms. The van der Waals surface area contributed by atoms with E-state index in [1.165, 1.54) is 5.69 Å². The van der Waals surface area contributed by atoms with Crippen molar-refractivity contribution < 1.29 is 14.4 Å². The van der Waals surface area contributed by atoms with Gasteiger partial charge in [0.15, 0.2) is 0 Å². The Kier molecular flexibility index (Phi) is 7.69. The van der Waals surface area contributed by atoms with Gasteiger partial charge in [-0.25, -0.2) is 0 Å². The number of carbonyl (C=O) groups excluding carboxylic acids is 3. The van der Waals surface area contributed by atoms with Crippen LogP contribution in [0.4, 0.5) is 10.5 Å². The average Bonchev–Trinajstić information content (AvgIpc) is 3.09. The third kappa shape index (κ3) is 5.96. The van der Waals surface area contributed by atoms with Crippen molar-refractivity contribution in [1.82, 2.24) is 15.1 Å². The molecule has 2 aromatic rings. The highest BCUT2D eigenvalue weighted by Gasteiger charge is 2.34. The van der Waals surface area contributed by atoms with E-state index in [1.807, 2.05) is 24.3 Å². The van der Waals surface area contributed by atoms with Crippen molar-refractivity contribution in [3.63, 3.8) is 0 Å². The Morgan fingerprint density at radius 1 is 1.00 bits per heavy atom. The van der Waals surface area contributed by atoms with Crippen molar-refractivity contribution in [3.8, 4) is 0 Å². The summed E-state index contributed by atoms with van der Waals surface area (Å²) in [4.78, 5) is 43.2. The molecule has 172 valence electrons. The largest absolute Gasteiger partial charge is 0.369 e. The van der Waals surface area contributed by atoms with E-state index < -0.39 is 0 Å². The molecular formula is C24H25ClN4O3S. The quantitative estimate of drug-likeness (QED) is 0.608.